The Kier molecular flexibility index (Phi) is 4.72. The molecule has 9 heteroatoms. The lowest BCUT2D eigenvalue weighted by molar-refractivity contribution is 0.161. The average molecular weight is 388 g/mol. The molecule has 0 atom stereocenters. The number of hydrogen-bond acceptors (Lipinski definition) is 6. The molecule has 1 N–H and O–H groups in total. The third-order valence-electron chi connectivity index (χ3n) is 4.26. The molecule has 0 bridgehead atoms. The second-order valence-corrected chi connectivity index (χ2v) is 6.46. The topological polar surface area (TPSA) is 80.2 Å². The van der Waals surface area contributed by atoms with Crippen molar-refractivity contribution in [1.82, 2.24) is 19.9 Å². The number of pyridine rings is 1. The lowest BCUT2D eigenvalue weighted by Gasteiger charge is -2.14. The Bertz CT molecular complexity index is 1010. The molecule has 1 fully saturated rings. The van der Waals surface area contributed by atoms with Gasteiger partial charge < -0.3 is 15.0 Å². The molecule has 1 aliphatic rings. The Morgan fingerprint density at radius 2 is 2.04 bits per heavy atom. The van der Waals surface area contributed by atoms with E-state index in [4.69, 9.17) is 16.3 Å². The molecule has 0 aliphatic carbocycles. The van der Waals surface area contributed by atoms with Gasteiger partial charge in [0.05, 0.1) is 22.4 Å². The fraction of sp³-hybridized carbons (Fsp3) is 0.222. The van der Waals surface area contributed by atoms with Crippen molar-refractivity contribution in [2.45, 2.75) is 12.8 Å². The van der Waals surface area contributed by atoms with Gasteiger partial charge in [-0.25, -0.2) is 24.1 Å². The van der Waals surface area contributed by atoms with Gasteiger partial charge in [0, 0.05) is 24.5 Å². The van der Waals surface area contributed by atoms with E-state index in [0.29, 0.717) is 29.8 Å². The number of ether oxygens (including phenoxy) is 1. The number of carbonyl (C=O) groups excluding carboxylic acids is 1. The monoisotopic (exact) mass is 387 g/mol. The highest BCUT2D eigenvalue weighted by Crippen LogP contribution is 2.29. The first-order valence-electron chi connectivity index (χ1n) is 8.40. The fourth-order valence-corrected chi connectivity index (χ4v) is 3.05. The Labute approximate surface area is 159 Å². The molecule has 3 heterocycles. The number of anilines is 2. The molecule has 27 heavy (non-hydrogen) atoms. The van der Waals surface area contributed by atoms with Crippen LogP contribution in [-0.2, 0) is 0 Å². The molecule has 4 rings (SSSR count). The van der Waals surface area contributed by atoms with E-state index in [1.165, 1.54) is 18.6 Å². The predicted octanol–water partition coefficient (Wildman–Crippen LogP) is 4.16. The second kappa shape index (κ2) is 7.32. The standard InChI is InChI=1S/C18H15ClFN5O2/c19-12-4-3-5-13(16(12)20)24-17-11-8-15(21-9-14(11)22-10-23-17)27-18(26)25-6-1-2-7-25/h3-5,8-10H,1-2,6-7H2,(H,22,23,24). The van der Waals surface area contributed by atoms with E-state index in [2.05, 4.69) is 20.3 Å². The van der Waals surface area contributed by atoms with Crippen molar-refractivity contribution in [3.8, 4) is 5.88 Å². The van der Waals surface area contributed by atoms with Crippen LogP contribution in [0, 0.1) is 5.82 Å². The van der Waals surface area contributed by atoms with E-state index in [-0.39, 0.29) is 16.6 Å². The smallest absolute Gasteiger partial charge is 0.391 e. The van der Waals surface area contributed by atoms with Gasteiger partial charge in [-0.2, -0.15) is 0 Å². The van der Waals surface area contributed by atoms with Gasteiger partial charge in [-0.05, 0) is 25.0 Å². The normalized spacial score (nSPS) is 13.8. The molecule has 1 saturated heterocycles. The number of nitrogens with zero attached hydrogens (tertiary/aromatic N) is 4. The van der Waals surface area contributed by atoms with Crippen molar-refractivity contribution in [3.05, 3.63) is 47.6 Å². The highest BCUT2D eigenvalue weighted by atomic mass is 35.5. The Morgan fingerprint density at radius 3 is 2.85 bits per heavy atom. The highest BCUT2D eigenvalue weighted by Gasteiger charge is 2.20. The third-order valence-corrected chi connectivity index (χ3v) is 4.55. The maximum Gasteiger partial charge on any atom is 0.416 e. The number of hydrogen-bond donors (Lipinski definition) is 1. The summed E-state index contributed by atoms with van der Waals surface area (Å²) in [5.74, 6) is -0.105. The summed E-state index contributed by atoms with van der Waals surface area (Å²) < 4.78 is 19.5. The average Bonchev–Trinajstić information content (AvgIpc) is 3.21. The third kappa shape index (κ3) is 3.61. The summed E-state index contributed by atoms with van der Waals surface area (Å²) in [5.41, 5.74) is 0.700. The van der Waals surface area contributed by atoms with E-state index in [9.17, 15) is 9.18 Å². The fourth-order valence-electron chi connectivity index (χ4n) is 2.88. The maximum atomic E-state index is 14.2. The van der Waals surface area contributed by atoms with Gasteiger partial charge in [0.15, 0.2) is 5.82 Å². The molecule has 0 saturated carbocycles. The van der Waals surface area contributed by atoms with Gasteiger partial charge >= 0.3 is 6.09 Å². The van der Waals surface area contributed by atoms with Crippen LogP contribution in [0.1, 0.15) is 12.8 Å². The van der Waals surface area contributed by atoms with Crippen molar-refractivity contribution in [3.63, 3.8) is 0 Å². The molecule has 138 valence electrons. The largest absolute Gasteiger partial charge is 0.416 e. The number of fused-ring (bicyclic) bond motifs is 1. The number of aromatic nitrogens is 3. The van der Waals surface area contributed by atoms with Crippen molar-refractivity contribution < 1.29 is 13.9 Å². The van der Waals surface area contributed by atoms with Gasteiger partial charge in [0.25, 0.3) is 0 Å². The number of halogens is 2. The predicted molar refractivity (Wildman–Crippen MR) is 98.9 cm³/mol. The minimum Gasteiger partial charge on any atom is -0.391 e. The number of carbonyl (C=O) groups is 1. The van der Waals surface area contributed by atoms with Gasteiger partial charge in [0.1, 0.15) is 12.1 Å². The Balaban J connectivity index is 1.65. The van der Waals surface area contributed by atoms with E-state index in [0.717, 1.165) is 12.8 Å². The van der Waals surface area contributed by atoms with Crippen molar-refractivity contribution in [2.75, 3.05) is 18.4 Å². The molecule has 0 radical (unpaired) electrons. The van der Waals surface area contributed by atoms with Crippen LogP contribution in [0.15, 0.2) is 36.8 Å². The van der Waals surface area contributed by atoms with Gasteiger partial charge in [-0.3, -0.25) is 0 Å². The molecule has 3 aromatic rings. The molecule has 0 spiro atoms. The zero-order chi connectivity index (χ0) is 18.8. The van der Waals surface area contributed by atoms with Crippen LogP contribution < -0.4 is 10.1 Å². The molecular weight excluding hydrogens is 373 g/mol. The van der Waals surface area contributed by atoms with E-state index >= 15 is 0 Å². The lowest BCUT2D eigenvalue weighted by Crippen LogP contribution is -2.30. The van der Waals surface area contributed by atoms with E-state index < -0.39 is 11.9 Å². The minimum absolute atomic E-state index is 0.000241. The summed E-state index contributed by atoms with van der Waals surface area (Å²) >= 11 is 5.82. The van der Waals surface area contributed by atoms with Crippen molar-refractivity contribution >= 4 is 40.1 Å². The first-order chi connectivity index (χ1) is 13.1. The van der Waals surface area contributed by atoms with Crippen LogP contribution in [0.25, 0.3) is 10.9 Å². The molecule has 1 aliphatic heterocycles. The zero-order valence-electron chi connectivity index (χ0n) is 14.2. The maximum absolute atomic E-state index is 14.2. The summed E-state index contributed by atoms with van der Waals surface area (Å²) in [6.07, 6.45) is 4.31. The number of nitrogens with one attached hydrogen (secondary N) is 1. The Morgan fingerprint density at radius 1 is 1.22 bits per heavy atom. The van der Waals surface area contributed by atoms with Crippen molar-refractivity contribution in [2.24, 2.45) is 0 Å². The van der Waals surface area contributed by atoms with Crippen LogP contribution in [0.3, 0.4) is 0 Å². The number of benzene rings is 1. The zero-order valence-corrected chi connectivity index (χ0v) is 14.9. The summed E-state index contributed by atoms with van der Waals surface area (Å²) in [6.45, 7) is 1.35. The molecule has 1 amide bonds. The number of amides is 1. The number of rotatable bonds is 3. The first-order valence-corrected chi connectivity index (χ1v) is 8.78. The highest BCUT2D eigenvalue weighted by molar-refractivity contribution is 6.31. The van der Waals surface area contributed by atoms with Gasteiger partial charge in [-0.1, -0.05) is 17.7 Å². The van der Waals surface area contributed by atoms with Crippen molar-refractivity contribution in [1.29, 1.82) is 0 Å². The van der Waals surface area contributed by atoms with Gasteiger partial charge in [0.2, 0.25) is 5.88 Å². The number of likely N-dealkylation sites (tertiary alicyclic amines) is 1. The summed E-state index contributed by atoms with van der Waals surface area (Å²) in [6, 6.07) is 6.18. The van der Waals surface area contributed by atoms with Crippen LogP contribution in [0.2, 0.25) is 5.02 Å². The Hall–Kier alpha value is -3.00. The summed E-state index contributed by atoms with van der Waals surface area (Å²) in [4.78, 5) is 26.2. The SMILES string of the molecule is O=C(Oc1cc2c(Nc3cccc(Cl)c3F)ncnc2cn1)N1CCCC1. The van der Waals surface area contributed by atoms with Crippen LogP contribution in [0.5, 0.6) is 5.88 Å². The quantitative estimate of drug-likeness (QED) is 0.727. The second-order valence-electron chi connectivity index (χ2n) is 6.05. The summed E-state index contributed by atoms with van der Waals surface area (Å²) in [5, 5.41) is 3.44. The lowest BCUT2D eigenvalue weighted by atomic mass is 10.2. The minimum atomic E-state index is -0.583. The molecule has 0 unspecified atom stereocenters. The van der Waals surface area contributed by atoms with Crippen LogP contribution in [-0.4, -0.2) is 39.0 Å². The van der Waals surface area contributed by atoms with Crippen LogP contribution >= 0.6 is 11.6 Å². The molecule has 7 nitrogen and oxygen atoms in total. The van der Waals surface area contributed by atoms with E-state index in [1.54, 1.807) is 23.1 Å². The molecule has 2 aromatic heterocycles. The molecular formula is C18H15ClFN5O2. The summed E-state index contributed by atoms with van der Waals surface area (Å²) in [7, 11) is 0. The van der Waals surface area contributed by atoms with E-state index in [1.807, 2.05) is 0 Å². The molecule has 1 aromatic carbocycles. The van der Waals surface area contributed by atoms with Crippen LogP contribution in [0.4, 0.5) is 20.7 Å². The first kappa shape index (κ1) is 17.4. The van der Waals surface area contributed by atoms with Gasteiger partial charge in [-0.15, -0.1) is 0 Å².